The fourth-order valence-electron chi connectivity index (χ4n) is 4.42. The SMILES string of the molecule is CCNC(=O)C[C@H]1CC[C@@H]2[C@@H](COc3ccc(NC(=O)c4ccc(F)c(F)c4)cc3C(=O)N2C)O1. The van der Waals surface area contributed by atoms with Crippen LogP contribution >= 0.6 is 0 Å². The number of nitrogens with zero attached hydrogens (tertiary/aromatic N) is 1. The molecule has 186 valence electrons. The van der Waals surface area contributed by atoms with E-state index in [4.69, 9.17) is 9.47 Å². The lowest BCUT2D eigenvalue weighted by Gasteiger charge is -2.42. The fraction of sp³-hybridized carbons (Fsp3) is 0.400. The maximum absolute atomic E-state index is 13.5. The Bertz CT molecular complexity index is 1140. The predicted octanol–water partition coefficient (Wildman–Crippen LogP) is 3.12. The Labute approximate surface area is 201 Å². The number of benzene rings is 2. The number of carbonyl (C=O) groups is 3. The summed E-state index contributed by atoms with van der Waals surface area (Å²) in [5, 5.41) is 5.37. The number of anilines is 1. The zero-order valence-electron chi connectivity index (χ0n) is 19.5. The quantitative estimate of drug-likeness (QED) is 0.676. The van der Waals surface area contributed by atoms with Crippen molar-refractivity contribution < 1.29 is 32.6 Å². The molecule has 0 saturated carbocycles. The van der Waals surface area contributed by atoms with E-state index in [2.05, 4.69) is 10.6 Å². The third kappa shape index (κ3) is 5.43. The van der Waals surface area contributed by atoms with Gasteiger partial charge in [-0.2, -0.15) is 0 Å². The van der Waals surface area contributed by atoms with Crippen molar-refractivity contribution >= 4 is 23.4 Å². The monoisotopic (exact) mass is 487 g/mol. The van der Waals surface area contributed by atoms with Gasteiger partial charge in [-0.05, 0) is 56.2 Å². The maximum atomic E-state index is 13.5. The number of carbonyl (C=O) groups excluding carboxylic acids is 3. The molecule has 2 aliphatic rings. The van der Waals surface area contributed by atoms with Gasteiger partial charge in [-0.15, -0.1) is 0 Å². The smallest absolute Gasteiger partial charge is 0.257 e. The van der Waals surface area contributed by atoms with Gasteiger partial charge in [-0.1, -0.05) is 0 Å². The molecule has 2 heterocycles. The lowest BCUT2D eigenvalue weighted by Crippen LogP contribution is -2.54. The van der Waals surface area contributed by atoms with Gasteiger partial charge in [0.25, 0.3) is 11.8 Å². The summed E-state index contributed by atoms with van der Waals surface area (Å²) in [6.45, 7) is 2.61. The lowest BCUT2D eigenvalue weighted by molar-refractivity contribution is -0.133. The highest BCUT2D eigenvalue weighted by Gasteiger charge is 2.39. The zero-order valence-corrected chi connectivity index (χ0v) is 19.5. The standard InChI is InChI=1S/C25H27F2N3O5/c1-3-28-23(31)12-16-6-8-20-22(35-16)13-34-21-9-5-15(11-17(21)25(33)30(20)2)29-24(32)14-4-7-18(26)19(27)10-14/h4-5,7,9-11,16,20,22H,3,6,8,12-13H2,1-2H3,(H,28,31)(H,29,32)/t16-,20-,22-/m1/s1. The minimum absolute atomic E-state index is 0.0558. The van der Waals surface area contributed by atoms with E-state index in [1.807, 2.05) is 6.92 Å². The molecule has 35 heavy (non-hydrogen) atoms. The van der Waals surface area contributed by atoms with E-state index in [0.29, 0.717) is 30.8 Å². The van der Waals surface area contributed by atoms with Gasteiger partial charge in [0.1, 0.15) is 18.5 Å². The third-order valence-corrected chi connectivity index (χ3v) is 6.24. The summed E-state index contributed by atoms with van der Waals surface area (Å²) in [6.07, 6.45) is 0.905. The molecule has 1 saturated heterocycles. The van der Waals surface area contributed by atoms with Crippen LogP contribution in [0.1, 0.15) is 46.9 Å². The van der Waals surface area contributed by atoms with Crippen LogP contribution in [0, 0.1) is 11.6 Å². The molecule has 3 amide bonds. The van der Waals surface area contributed by atoms with Crippen LogP contribution in [0.2, 0.25) is 0 Å². The Hall–Kier alpha value is -3.53. The number of likely N-dealkylation sites (N-methyl/N-ethyl adjacent to an activating group) is 1. The normalized spacial score (nSPS) is 21.7. The first kappa shape index (κ1) is 24.6. The second-order valence-corrected chi connectivity index (χ2v) is 8.62. The van der Waals surface area contributed by atoms with Crippen LogP contribution in [-0.4, -0.2) is 61.1 Å². The Balaban J connectivity index is 1.49. The molecule has 0 aromatic heterocycles. The molecular formula is C25H27F2N3O5. The highest BCUT2D eigenvalue weighted by atomic mass is 19.2. The molecule has 0 radical (unpaired) electrons. The Morgan fingerprint density at radius 2 is 1.91 bits per heavy atom. The van der Waals surface area contributed by atoms with Gasteiger partial charge in [-0.25, -0.2) is 8.78 Å². The van der Waals surface area contributed by atoms with Gasteiger partial charge >= 0.3 is 0 Å². The van der Waals surface area contributed by atoms with Crippen LogP contribution in [0.5, 0.6) is 5.75 Å². The molecule has 0 spiro atoms. The summed E-state index contributed by atoms with van der Waals surface area (Å²) in [7, 11) is 1.69. The molecule has 8 nitrogen and oxygen atoms in total. The van der Waals surface area contributed by atoms with E-state index in [0.717, 1.165) is 12.1 Å². The van der Waals surface area contributed by atoms with E-state index in [1.165, 1.54) is 12.1 Å². The fourth-order valence-corrected chi connectivity index (χ4v) is 4.42. The third-order valence-electron chi connectivity index (χ3n) is 6.24. The number of hydrogen-bond acceptors (Lipinski definition) is 5. The molecule has 3 atom stereocenters. The predicted molar refractivity (Wildman–Crippen MR) is 123 cm³/mol. The van der Waals surface area contributed by atoms with Crippen molar-refractivity contribution in [1.82, 2.24) is 10.2 Å². The van der Waals surface area contributed by atoms with E-state index < -0.39 is 23.6 Å². The molecule has 1 fully saturated rings. The first-order chi connectivity index (χ1) is 16.8. The lowest BCUT2D eigenvalue weighted by atomic mass is 9.94. The average Bonchev–Trinajstić information content (AvgIpc) is 2.83. The number of halogens is 2. The Kier molecular flexibility index (Phi) is 7.30. The number of rotatable bonds is 5. The van der Waals surface area contributed by atoms with Crippen molar-refractivity contribution in [2.45, 2.75) is 44.4 Å². The second-order valence-electron chi connectivity index (χ2n) is 8.62. The van der Waals surface area contributed by atoms with E-state index in [-0.39, 0.29) is 48.1 Å². The number of nitrogens with one attached hydrogen (secondary N) is 2. The van der Waals surface area contributed by atoms with Crippen LogP contribution < -0.4 is 15.4 Å². The van der Waals surface area contributed by atoms with Crippen molar-refractivity contribution in [2.24, 2.45) is 0 Å². The van der Waals surface area contributed by atoms with Gasteiger partial charge < -0.3 is 25.0 Å². The second kappa shape index (κ2) is 10.4. The number of hydrogen-bond donors (Lipinski definition) is 2. The number of ether oxygens (including phenoxy) is 2. The highest BCUT2D eigenvalue weighted by molar-refractivity contribution is 6.05. The summed E-state index contributed by atoms with van der Waals surface area (Å²) in [4.78, 5) is 39.3. The van der Waals surface area contributed by atoms with Crippen molar-refractivity contribution in [3.05, 3.63) is 59.2 Å². The zero-order chi connectivity index (χ0) is 25.1. The van der Waals surface area contributed by atoms with Gasteiger partial charge in [0.05, 0.1) is 24.1 Å². The number of amides is 3. The van der Waals surface area contributed by atoms with Crippen LogP contribution in [-0.2, 0) is 9.53 Å². The topological polar surface area (TPSA) is 97.0 Å². The van der Waals surface area contributed by atoms with E-state index in [9.17, 15) is 23.2 Å². The van der Waals surface area contributed by atoms with Gasteiger partial charge in [-0.3, -0.25) is 14.4 Å². The molecule has 0 aliphatic carbocycles. The molecule has 2 aromatic rings. The summed E-state index contributed by atoms with van der Waals surface area (Å²) in [6, 6.07) is 7.24. The minimum atomic E-state index is -1.13. The van der Waals surface area contributed by atoms with Crippen molar-refractivity contribution in [1.29, 1.82) is 0 Å². The first-order valence-corrected chi connectivity index (χ1v) is 11.5. The Morgan fingerprint density at radius 1 is 1.11 bits per heavy atom. The summed E-state index contributed by atoms with van der Waals surface area (Å²) in [5.74, 6) is -2.86. The minimum Gasteiger partial charge on any atom is -0.490 e. The van der Waals surface area contributed by atoms with E-state index >= 15 is 0 Å². The average molecular weight is 488 g/mol. The highest BCUT2D eigenvalue weighted by Crippen LogP contribution is 2.32. The molecule has 2 aromatic carbocycles. The van der Waals surface area contributed by atoms with Crippen LogP contribution in [0.25, 0.3) is 0 Å². The molecule has 10 heteroatoms. The van der Waals surface area contributed by atoms with E-state index in [1.54, 1.807) is 24.1 Å². The Morgan fingerprint density at radius 3 is 2.66 bits per heavy atom. The summed E-state index contributed by atoms with van der Waals surface area (Å²) < 4.78 is 38.7. The molecule has 2 N–H and O–H groups in total. The van der Waals surface area contributed by atoms with Crippen molar-refractivity contribution in [2.75, 3.05) is 25.5 Å². The number of fused-ring (bicyclic) bond motifs is 2. The van der Waals surface area contributed by atoms with Crippen LogP contribution in [0.4, 0.5) is 14.5 Å². The summed E-state index contributed by atoms with van der Waals surface area (Å²) >= 11 is 0. The van der Waals surface area contributed by atoms with Crippen LogP contribution in [0.3, 0.4) is 0 Å². The van der Waals surface area contributed by atoms with Crippen LogP contribution in [0.15, 0.2) is 36.4 Å². The molecular weight excluding hydrogens is 460 g/mol. The molecule has 2 aliphatic heterocycles. The maximum Gasteiger partial charge on any atom is 0.257 e. The van der Waals surface area contributed by atoms with Gasteiger partial charge in [0.15, 0.2) is 11.6 Å². The first-order valence-electron chi connectivity index (χ1n) is 11.5. The molecule has 0 bridgehead atoms. The van der Waals surface area contributed by atoms with Crippen molar-refractivity contribution in [3.8, 4) is 5.75 Å². The largest absolute Gasteiger partial charge is 0.490 e. The summed E-state index contributed by atoms with van der Waals surface area (Å²) in [5.41, 5.74) is 0.515. The van der Waals surface area contributed by atoms with Gasteiger partial charge in [0.2, 0.25) is 5.91 Å². The molecule has 4 rings (SSSR count). The van der Waals surface area contributed by atoms with Gasteiger partial charge in [0, 0.05) is 24.8 Å². The molecule has 0 unspecified atom stereocenters. The van der Waals surface area contributed by atoms with Crippen molar-refractivity contribution in [3.63, 3.8) is 0 Å².